The van der Waals surface area contributed by atoms with E-state index >= 15 is 0 Å². The fourth-order valence-corrected chi connectivity index (χ4v) is 1.15. The minimum atomic E-state index is 0.799. The SMILES string of the molecule is C#CCSCCNC/C=C/Cl. The van der Waals surface area contributed by atoms with Crippen LogP contribution in [0.4, 0.5) is 0 Å². The molecule has 0 heterocycles. The highest BCUT2D eigenvalue weighted by Gasteiger charge is 1.84. The molecule has 1 nitrogen and oxygen atoms in total. The molecule has 0 unspecified atom stereocenters. The van der Waals surface area contributed by atoms with Crippen molar-refractivity contribution in [3.63, 3.8) is 0 Å². The molecule has 0 radical (unpaired) electrons. The van der Waals surface area contributed by atoms with Gasteiger partial charge in [0.2, 0.25) is 0 Å². The number of hydrogen-bond donors (Lipinski definition) is 1. The van der Waals surface area contributed by atoms with Crippen LogP contribution in [-0.2, 0) is 0 Å². The van der Waals surface area contributed by atoms with Crippen LogP contribution in [0, 0.1) is 12.3 Å². The van der Waals surface area contributed by atoms with Crippen molar-refractivity contribution in [2.24, 2.45) is 0 Å². The van der Waals surface area contributed by atoms with Gasteiger partial charge in [-0.15, -0.1) is 18.2 Å². The van der Waals surface area contributed by atoms with Gasteiger partial charge in [0.05, 0.1) is 5.75 Å². The van der Waals surface area contributed by atoms with Crippen molar-refractivity contribution in [1.82, 2.24) is 5.32 Å². The largest absolute Gasteiger partial charge is 0.312 e. The molecule has 3 heteroatoms. The molecule has 0 saturated carbocycles. The Hall–Kier alpha value is -0.100. The Balaban J connectivity index is 2.86. The minimum absolute atomic E-state index is 0.799. The van der Waals surface area contributed by atoms with Crippen LogP contribution in [0.2, 0.25) is 0 Å². The lowest BCUT2D eigenvalue weighted by Crippen LogP contribution is -2.16. The molecule has 0 aliphatic carbocycles. The molecule has 0 fully saturated rings. The van der Waals surface area contributed by atoms with Gasteiger partial charge in [0, 0.05) is 24.4 Å². The quantitative estimate of drug-likeness (QED) is 0.504. The molecule has 0 aromatic heterocycles. The summed E-state index contributed by atoms with van der Waals surface area (Å²) in [6.07, 6.45) is 6.94. The maximum Gasteiger partial charge on any atom is 0.0545 e. The average Bonchev–Trinajstić information content (AvgIpc) is 2.03. The van der Waals surface area contributed by atoms with Gasteiger partial charge < -0.3 is 5.32 Å². The lowest BCUT2D eigenvalue weighted by atomic mass is 10.6. The van der Waals surface area contributed by atoms with Crippen molar-refractivity contribution in [3.8, 4) is 12.3 Å². The van der Waals surface area contributed by atoms with Gasteiger partial charge in [-0.25, -0.2) is 0 Å². The second kappa shape index (κ2) is 9.90. The van der Waals surface area contributed by atoms with Crippen molar-refractivity contribution in [1.29, 1.82) is 0 Å². The van der Waals surface area contributed by atoms with Gasteiger partial charge in [0.1, 0.15) is 0 Å². The van der Waals surface area contributed by atoms with Gasteiger partial charge >= 0.3 is 0 Å². The Bertz CT molecular complexity index is 140. The van der Waals surface area contributed by atoms with E-state index in [-0.39, 0.29) is 0 Å². The lowest BCUT2D eigenvalue weighted by Gasteiger charge is -1.98. The van der Waals surface area contributed by atoms with E-state index < -0.39 is 0 Å². The van der Waals surface area contributed by atoms with Gasteiger partial charge in [-0.1, -0.05) is 23.6 Å². The molecule has 0 amide bonds. The molecule has 62 valence electrons. The summed E-state index contributed by atoms with van der Waals surface area (Å²) in [5.74, 6) is 4.42. The van der Waals surface area contributed by atoms with Crippen LogP contribution in [0.3, 0.4) is 0 Å². The van der Waals surface area contributed by atoms with Gasteiger partial charge in [0.25, 0.3) is 0 Å². The van der Waals surface area contributed by atoms with Crippen LogP contribution in [-0.4, -0.2) is 24.6 Å². The fourth-order valence-electron chi connectivity index (χ4n) is 0.505. The van der Waals surface area contributed by atoms with Crippen molar-refractivity contribution in [2.45, 2.75) is 0 Å². The summed E-state index contributed by atoms with van der Waals surface area (Å²) in [6.45, 7) is 1.81. The number of halogens is 1. The maximum absolute atomic E-state index is 5.31. The first kappa shape index (κ1) is 10.9. The Morgan fingerprint density at radius 2 is 2.45 bits per heavy atom. The van der Waals surface area contributed by atoms with Gasteiger partial charge in [-0.05, 0) is 0 Å². The third kappa shape index (κ3) is 9.90. The Morgan fingerprint density at radius 1 is 1.64 bits per heavy atom. The Morgan fingerprint density at radius 3 is 3.09 bits per heavy atom. The van der Waals surface area contributed by atoms with Crippen LogP contribution in [0.15, 0.2) is 11.6 Å². The number of hydrogen-bond acceptors (Lipinski definition) is 2. The highest BCUT2D eigenvalue weighted by Crippen LogP contribution is 1.94. The van der Waals surface area contributed by atoms with Crippen LogP contribution in [0.25, 0.3) is 0 Å². The standard InChI is InChI=1S/C8H12ClNS/c1-2-7-11-8-6-10-5-3-4-9/h1,3-4,10H,5-8H2/b4-3+. The summed E-state index contributed by atoms with van der Waals surface area (Å²) in [5.41, 5.74) is 1.52. The predicted molar refractivity (Wildman–Crippen MR) is 54.0 cm³/mol. The fraction of sp³-hybridized carbons (Fsp3) is 0.500. The summed E-state index contributed by atoms with van der Waals surface area (Å²) >= 11 is 7.07. The molecule has 1 N–H and O–H groups in total. The molecular formula is C8H12ClNS. The second-order valence-corrected chi connectivity index (χ2v) is 3.18. The summed E-state index contributed by atoms with van der Waals surface area (Å²) in [5, 5.41) is 3.18. The molecule has 0 aromatic rings. The summed E-state index contributed by atoms with van der Waals surface area (Å²) in [4.78, 5) is 0. The van der Waals surface area contributed by atoms with E-state index in [2.05, 4.69) is 11.2 Å². The zero-order chi connectivity index (χ0) is 8.36. The normalized spacial score (nSPS) is 10.2. The molecule has 0 bridgehead atoms. The molecule has 0 aromatic carbocycles. The summed E-state index contributed by atoms with van der Waals surface area (Å²) in [6, 6.07) is 0. The van der Waals surface area contributed by atoms with Gasteiger partial charge in [0.15, 0.2) is 0 Å². The van der Waals surface area contributed by atoms with Gasteiger partial charge in [-0.3, -0.25) is 0 Å². The van der Waals surface area contributed by atoms with Crippen molar-refractivity contribution in [3.05, 3.63) is 11.6 Å². The van der Waals surface area contributed by atoms with Crippen LogP contribution in [0.1, 0.15) is 0 Å². The highest BCUT2D eigenvalue weighted by molar-refractivity contribution is 7.99. The summed E-state index contributed by atoms with van der Waals surface area (Å²) < 4.78 is 0. The number of nitrogens with one attached hydrogen (secondary N) is 1. The molecule has 0 spiro atoms. The molecule has 0 atom stereocenters. The van der Waals surface area contributed by atoms with E-state index in [1.165, 1.54) is 5.54 Å². The van der Waals surface area contributed by atoms with E-state index in [1.807, 2.05) is 6.08 Å². The summed E-state index contributed by atoms with van der Waals surface area (Å²) in [7, 11) is 0. The third-order valence-electron chi connectivity index (χ3n) is 0.960. The number of rotatable bonds is 6. The molecule has 0 rings (SSSR count). The second-order valence-electron chi connectivity index (χ2n) is 1.82. The zero-order valence-corrected chi connectivity index (χ0v) is 7.92. The smallest absolute Gasteiger partial charge is 0.0545 e. The first-order valence-electron chi connectivity index (χ1n) is 3.39. The Kier molecular flexibility index (Phi) is 9.81. The number of thioether (sulfide) groups is 1. The highest BCUT2D eigenvalue weighted by atomic mass is 35.5. The van der Waals surface area contributed by atoms with Crippen LogP contribution < -0.4 is 5.32 Å². The Labute approximate surface area is 77.6 Å². The zero-order valence-electron chi connectivity index (χ0n) is 6.35. The maximum atomic E-state index is 5.31. The monoisotopic (exact) mass is 189 g/mol. The molecule has 0 saturated heterocycles. The average molecular weight is 190 g/mol. The topological polar surface area (TPSA) is 12.0 Å². The third-order valence-corrected chi connectivity index (χ3v) is 2.00. The molecule has 0 aliphatic heterocycles. The van der Waals surface area contributed by atoms with E-state index in [0.29, 0.717) is 0 Å². The molecule has 11 heavy (non-hydrogen) atoms. The minimum Gasteiger partial charge on any atom is -0.312 e. The van der Waals surface area contributed by atoms with Gasteiger partial charge in [-0.2, -0.15) is 0 Å². The first-order chi connectivity index (χ1) is 5.41. The lowest BCUT2D eigenvalue weighted by molar-refractivity contribution is 0.807. The first-order valence-corrected chi connectivity index (χ1v) is 4.98. The van der Waals surface area contributed by atoms with E-state index in [4.69, 9.17) is 18.0 Å². The van der Waals surface area contributed by atoms with Crippen molar-refractivity contribution < 1.29 is 0 Å². The van der Waals surface area contributed by atoms with Crippen LogP contribution >= 0.6 is 23.4 Å². The van der Waals surface area contributed by atoms with E-state index in [1.54, 1.807) is 11.8 Å². The van der Waals surface area contributed by atoms with Crippen LogP contribution in [0.5, 0.6) is 0 Å². The van der Waals surface area contributed by atoms with E-state index in [0.717, 1.165) is 24.6 Å². The number of terminal acetylenes is 1. The molecular weight excluding hydrogens is 178 g/mol. The van der Waals surface area contributed by atoms with E-state index in [9.17, 15) is 0 Å². The van der Waals surface area contributed by atoms with Crippen molar-refractivity contribution >= 4 is 23.4 Å². The van der Waals surface area contributed by atoms with Crippen molar-refractivity contribution in [2.75, 3.05) is 24.6 Å². The predicted octanol–water partition coefficient (Wildman–Crippen LogP) is 1.69. The molecule has 0 aliphatic rings.